The number of ether oxygens (including phenoxy) is 2. The van der Waals surface area contributed by atoms with Crippen LogP contribution in [-0.4, -0.2) is 39.5 Å². The molecule has 10 heteroatoms. The highest BCUT2D eigenvalue weighted by molar-refractivity contribution is 9.10. The van der Waals surface area contributed by atoms with Crippen molar-refractivity contribution in [3.8, 4) is 5.75 Å². The minimum atomic E-state index is -3.96. The molecule has 0 aliphatic carbocycles. The number of carbonyl (C=O) groups excluding carboxylic acids is 2. The molecule has 162 valence electrons. The third kappa shape index (κ3) is 6.82. The Hall–Kier alpha value is -2.43. The number of hydrogen-bond donors (Lipinski definition) is 2. The second-order valence-electron chi connectivity index (χ2n) is 7.35. The van der Waals surface area contributed by atoms with Crippen molar-refractivity contribution in [2.45, 2.75) is 31.2 Å². The fourth-order valence-electron chi connectivity index (χ4n) is 2.42. The van der Waals surface area contributed by atoms with E-state index in [-0.39, 0.29) is 16.2 Å². The summed E-state index contributed by atoms with van der Waals surface area (Å²) in [6, 6.07) is 10.8. The number of rotatable bonds is 7. The Morgan fingerprint density at radius 3 is 2.27 bits per heavy atom. The Kier molecular flexibility index (Phi) is 7.62. The van der Waals surface area contributed by atoms with E-state index in [4.69, 9.17) is 9.47 Å². The SMILES string of the molecule is COc1ccc(C(=O)OCC(=O)Nc2ccc(Br)cc2)cc1S(=O)(=O)NC(C)(C)C. The molecule has 2 aromatic rings. The summed E-state index contributed by atoms with van der Waals surface area (Å²) in [4.78, 5) is 24.1. The summed E-state index contributed by atoms with van der Waals surface area (Å²) in [5.74, 6) is -1.28. The van der Waals surface area contributed by atoms with Crippen molar-refractivity contribution >= 4 is 43.5 Å². The first-order valence-electron chi connectivity index (χ1n) is 8.86. The van der Waals surface area contributed by atoms with Gasteiger partial charge in [0.05, 0.1) is 12.7 Å². The first kappa shape index (κ1) is 23.8. The van der Waals surface area contributed by atoms with E-state index in [1.807, 2.05) is 0 Å². The molecule has 0 saturated carbocycles. The predicted molar refractivity (Wildman–Crippen MR) is 116 cm³/mol. The molecule has 2 rings (SSSR count). The molecule has 0 spiro atoms. The molecule has 0 heterocycles. The van der Waals surface area contributed by atoms with Gasteiger partial charge in [-0.05, 0) is 63.2 Å². The van der Waals surface area contributed by atoms with Gasteiger partial charge in [0.2, 0.25) is 10.0 Å². The first-order valence-corrected chi connectivity index (χ1v) is 11.1. The Bertz CT molecular complexity index is 1030. The molecule has 0 aliphatic rings. The minimum Gasteiger partial charge on any atom is -0.495 e. The zero-order chi connectivity index (χ0) is 22.5. The molecule has 30 heavy (non-hydrogen) atoms. The smallest absolute Gasteiger partial charge is 0.338 e. The third-order valence-corrected chi connectivity index (χ3v) is 5.90. The van der Waals surface area contributed by atoms with Gasteiger partial charge in [0.15, 0.2) is 6.61 Å². The number of hydrogen-bond acceptors (Lipinski definition) is 6. The number of anilines is 1. The quantitative estimate of drug-likeness (QED) is 0.566. The molecule has 0 aliphatic heterocycles. The summed E-state index contributed by atoms with van der Waals surface area (Å²) in [5.41, 5.74) is -0.210. The van der Waals surface area contributed by atoms with Gasteiger partial charge in [0.25, 0.3) is 5.91 Å². The second-order valence-corrected chi connectivity index (χ2v) is 9.92. The van der Waals surface area contributed by atoms with Crippen molar-refractivity contribution in [3.05, 3.63) is 52.5 Å². The monoisotopic (exact) mass is 498 g/mol. The number of nitrogens with one attached hydrogen (secondary N) is 2. The van der Waals surface area contributed by atoms with E-state index in [1.54, 1.807) is 45.0 Å². The molecule has 0 bridgehead atoms. The van der Waals surface area contributed by atoms with Crippen LogP contribution in [0.15, 0.2) is 51.8 Å². The lowest BCUT2D eigenvalue weighted by Crippen LogP contribution is -2.40. The van der Waals surface area contributed by atoms with E-state index >= 15 is 0 Å². The summed E-state index contributed by atoms with van der Waals surface area (Å²) in [7, 11) is -2.63. The molecule has 1 amide bonds. The average molecular weight is 499 g/mol. The van der Waals surface area contributed by atoms with Crippen LogP contribution in [0.25, 0.3) is 0 Å². The van der Waals surface area contributed by atoms with E-state index in [0.717, 1.165) is 10.5 Å². The van der Waals surface area contributed by atoms with E-state index in [9.17, 15) is 18.0 Å². The van der Waals surface area contributed by atoms with E-state index in [0.29, 0.717) is 5.69 Å². The molecule has 0 aromatic heterocycles. The summed E-state index contributed by atoms with van der Waals surface area (Å²) < 4.78 is 38.9. The van der Waals surface area contributed by atoms with Gasteiger partial charge in [0, 0.05) is 15.7 Å². The van der Waals surface area contributed by atoms with Gasteiger partial charge >= 0.3 is 5.97 Å². The van der Waals surface area contributed by atoms with E-state index in [2.05, 4.69) is 26.0 Å². The Balaban J connectivity index is 2.12. The number of halogens is 1. The topological polar surface area (TPSA) is 111 Å². The van der Waals surface area contributed by atoms with Crippen molar-refractivity contribution in [1.82, 2.24) is 4.72 Å². The maximum atomic E-state index is 12.7. The molecule has 0 fully saturated rings. The zero-order valence-electron chi connectivity index (χ0n) is 17.0. The Morgan fingerprint density at radius 1 is 1.07 bits per heavy atom. The third-order valence-electron chi connectivity index (χ3n) is 3.59. The number of methoxy groups -OCH3 is 1. The second kappa shape index (κ2) is 9.59. The average Bonchev–Trinajstić information content (AvgIpc) is 2.65. The highest BCUT2D eigenvalue weighted by Crippen LogP contribution is 2.26. The molecule has 2 N–H and O–H groups in total. The molecule has 0 saturated heterocycles. The van der Waals surface area contributed by atoms with Crippen LogP contribution in [0.2, 0.25) is 0 Å². The number of amides is 1. The van der Waals surface area contributed by atoms with Gasteiger partial charge in [-0.3, -0.25) is 4.79 Å². The van der Waals surface area contributed by atoms with Crippen LogP contribution < -0.4 is 14.8 Å². The van der Waals surface area contributed by atoms with Crippen LogP contribution in [-0.2, 0) is 19.6 Å². The summed E-state index contributed by atoms with van der Waals surface area (Å²) in [6.07, 6.45) is 0. The first-order chi connectivity index (χ1) is 13.9. The predicted octanol–water partition coefficient (Wildman–Crippen LogP) is 3.33. The fourth-order valence-corrected chi connectivity index (χ4v) is 4.30. The molecule has 0 atom stereocenters. The van der Waals surface area contributed by atoms with Crippen molar-refractivity contribution in [2.24, 2.45) is 0 Å². The van der Waals surface area contributed by atoms with Crippen LogP contribution in [0, 0.1) is 0 Å². The highest BCUT2D eigenvalue weighted by Gasteiger charge is 2.26. The minimum absolute atomic E-state index is 0.0264. The van der Waals surface area contributed by atoms with Gasteiger partial charge in [0.1, 0.15) is 10.6 Å². The number of carbonyl (C=O) groups is 2. The molecular formula is C20H23BrN2O6S. The maximum absolute atomic E-state index is 12.7. The van der Waals surface area contributed by atoms with Gasteiger partial charge in [-0.1, -0.05) is 15.9 Å². The number of benzene rings is 2. The lowest BCUT2D eigenvalue weighted by molar-refractivity contribution is -0.119. The zero-order valence-corrected chi connectivity index (χ0v) is 19.4. The Morgan fingerprint density at radius 2 is 1.70 bits per heavy atom. The summed E-state index contributed by atoms with van der Waals surface area (Å²) in [5, 5.41) is 2.59. The lowest BCUT2D eigenvalue weighted by Gasteiger charge is -2.21. The molecule has 0 unspecified atom stereocenters. The number of esters is 1. The van der Waals surface area contributed by atoms with Gasteiger partial charge in [-0.15, -0.1) is 0 Å². The molecule has 8 nitrogen and oxygen atoms in total. The normalized spacial score (nSPS) is 11.6. The molecule has 0 radical (unpaired) electrons. The van der Waals surface area contributed by atoms with Gasteiger partial charge in [-0.25, -0.2) is 17.9 Å². The van der Waals surface area contributed by atoms with Gasteiger partial charge < -0.3 is 14.8 Å². The van der Waals surface area contributed by atoms with Crippen LogP contribution in [0.1, 0.15) is 31.1 Å². The van der Waals surface area contributed by atoms with Crippen molar-refractivity contribution in [1.29, 1.82) is 0 Å². The van der Waals surface area contributed by atoms with Crippen LogP contribution in [0.5, 0.6) is 5.75 Å². The van der Waals surface area contributed by atoms with Crippen molar-refractivity contribution in [2.75, 3.05) is 19.0 Å². The number of sulfonamides is 1. The van der Waals surface area contributed by atoms with Crippen LogP contribution in [0.3, 0.4) is 0 Å². The summed E-state index contributed by atoms with van der Waals surface area (Å²) >= 11 is 3.29. The molecule has 2 aromatic carbocycles. The molecular weight excluding hydrogens is 476 g/mol. The van der Waals surface area contributed by atoms with E-state index < -0.39 is 34.0 Å². The largest absolute Gasteiger partial charge is 0.495 e. The lowest BCUT2D eigenvalue weighted by atomic mass is 10.1. The van der Waals surface area contributed by atoms with E-state index in [1.165, 1.54) is 19.2 Å². The highest BCUT2D eigenvalue weighted by atomic mass is 79.9. The van der Waals surface area contributed by atoms with Gasteiger partial charge in [-0.2, -0.15) is 0 Å². The summed E-state index contributed by atoms with van der Waals surface area (Å²) in [6.45, 7) is 4.56. The Labute approximate surface area is 184 Å². The van der Waals surface area contributed by atoms with Crippen LogP contribution >= 0.6 is 15.9 Å². The van der Waals surface area contributed by atoms with Crippen molar-refractivity contribution in [3.63, 3.8) is 0 Å². The van der Waals surface area contributed by atoms with Crippen molar-refractivity contribution < 1.29 is 27.5 Å². The maximum Gasteiger partial charge on any atom is 0.338 e. The standard InChI is InChI=1S/C20H23BrN2O6S/c1-20(2,3)23-30(26,27)17-11-13(5-10-16(17)28-4)19(25)29-12-18(24)22-15-8-6-14(21)7-9-15/h5-11,23H,12H2,1-4H3,(H,22,24). The van der Waals surface area contributed by atoms with Crippen LogP contribution in [0.4, 0.5) is 5.69 Å². The fraction of sp³-hybridized carbons (Fsp3) is 0.300.